The zero-order valence-corrected chi connectivity index (χ0v) is 18.6. The van der Waals surface area contributed by atoms with Gasteiger partial charge in [-0.3, -0.25) is 9.36 Å². The lowest BCUT2D eigenvalue weighted by molar-refractivity contribution is 0.0702. The van der Waals surface area contributed by atoms with Crippen LogP contribution in [0.3, 0.4) is 0 Å². The van der Waals surface area contributed by atoms with E-state index in [0.29, 0.717) is 43.4 Å². The summed E-state index contributed by atoms with van der Waals surface area (Å²) in [6.45, 7) is 10.0. The molecular weight excluding hydrogens is 384 g/mol. The van der Waals surface area contributed by atoms with E-state index in [9.17, 15) is 9.59 Å². The summed E-state index contributed by atoms with van der Waals surface area (Å²) >= 11 is 0. The standard InChI is InChI=1S/C22H32N4O4/c1-6-29-18-11-10-16(13-19(18)30-7-2)21(27)25-12-8-9-17(14-25)20-23-24(5)22(28)26(20)15(3)4/h10-11,13,15,17H,6-9,12,14H2,1-5H3. The van der Waals surface area contributed by atoms with E-state index in [1.807, 2.05) is 32.6 Å². The Morgan fingerprint density at radius 3 is 2.57 bits per heavy atom. The maximum atomic E-state index is 13.2. The van der Waals surface area contributed by atoms with Gasteiger partial charge in [0, 0.05) is 37.7 Å². The SMILES string of the molecule is CCOc1ccc(C(=O)N2CCCC(c3nn(C)c(=O)n3C(C)C)C2)cc1OCC. The van der Waals surface area contributed by atoms with Gasteiger partial charge in [-0.25, -0.2) is 9.48 Å². The first-order valence-electron chi connectivity index (χ1n) is 10.7. The van der Waals surface area contributed by atoms with Gasteiger partial charge in [-0.15, -0.1) is 0 Å². The summed E-state index contributed by atoms with van der Waals surface area (Å²) in [6, 6.07) is 5.35. The molecule has 8 heteroatoms. The summed E-state index contributed by atoms with van der Waals surface area (Å²) in [7, 11) is 1.67. The monoisotopic (exact) mass is 416 g/mol. The van der Waals surface area contributed by atoms with Gasteiger partial charge in [0.1, 0.15) is 5.82 Å². The van der Waals surface area contributed by atoms with E-state index in [1.54, 1.807) is 29.8 Å². The average molecular weight is 417 g/mol. The van der Waals surface area contributed by atoms with E-state index in [1.165, 1.54) is 4.68 Å². The van der Waals surface area contributed by atoms with Crippen molar-refractivity contribution in [2.45, 2.75) is 52.5 Å². The summed E-state index contributed by atoms with van der Waals surface area (Å²) in [5.74, 6) is 1.97. The van der Waals surface area contributed by atoms with Crippen LogP contribution in [0.15, 0.2) is 23.0 Å². The quantitative estimate of drug-likeness (QED) is 0.693. The van der Waals surface area contributed by atoms with E-state index in [2.05, 4.69) is 5.10 Å². The molecule has 0 radical (unpaired) electrons. The van der Waals surface area contributed by atoms with Crippen LogP contribution in [0.25, 0.3) is 0 Å². The topological polar surface area (TPSA) is 78.6 Å². The van der Waals surface area contributed by atoms with E-state index < -0.39 is 0 Å². The molecule has 0 saturated carbocycles. The molecule has 0 aliphatic carbocycles. The summed E-state index contributed by atoms with van der Waals surface area (Å²) in [6.07, 6.45) is 1.77. The van der Waals surface area contributed by atoms with Gasteiger partial charge < -0.3 is 14.4 Å². The number of aryl methyl sites for hydroxylation is 1. The van der Waals surface area contributed by atoms with Crippen LogP contribution >= 0.6 is 0 Å². The molecule has 0 spiro atoms. The fraction of sp³-hybridized carbons (Fsp3) is 0.591. The molecule has 1 saturated heterocycles. The number of carbonyl (C=O) groups is 1. The predicted octanol–water partition coefficient (Wildman–Crippen LogP) is 2.98. The Morgan fingerprint density at radius 2 is 1.90 bits per heavy atom. The number of carbonyl (C=O) groups excluding carboxylic acids is 1. The summed E-state index contributed by atoms with van der Waals surface area (Å²) in [4.78, 5) is 27.5. The molecule has 0 N–H and O–H groups in total. The minimum absolute atomic E-state index is 0.0205. The molecule has 1 unspecified atom stereocenters. The van der Waals surface area contributed by atoms with Gasteiger partial charge in [0.05, 0.1) is 13.2 Å². The number of ether oxygens (including phenoxy) is 2. The van der Waals surface area contributed by atoms with Gasteiger partial charge in [-0.2, -0.15) is 5.10 Å². The summed E-state index contributed by atoms with van der Waals surface area (Å²) in [5, 5.41) is 4.48. The van der Waals surface area contributed by atoms with Gasteiger partial charge in [0.15, 0.2) is 11.5 Å². The van der Waals surface area contributed by atoms with Gasteiger partial charge in [0.2, 0.25) is 0 Å². The fourth-order valence-electron chi connectivity index (χ4n) is 4.00. The van der Waals surface area contributed by atoms with Crippen LogP contribution in [0.1, 0.15) is 68.7 Å². The zero-order valence-electron chi connectivity index (χ0n) is 18.6. The summed E-state index contributed by atoms with van der Waals surface area (Å²) < 4.78 is 14.4. The Kier molecular flexibility index (Phi) is 6.84. The maximum Gasteiger partial charge on any atom is 0.345 e. The van der Waals surface area contributed by atoms with Gasteiger partial charge >= 0.3 is 5.69 Å². The lowest BCUT2D eigenvalue weighted by Crippen LogP contribution is -2.40. The highest BCUT2D eigenvalue weighted by Crippen LogP contribution is 2.31. The molecule has 1 aliphatic rings. The second kappa shape index (κ2) is 9.36. The molecule has 2 heterocycles. The van der Waals surface area contributed by atoms with Crippen molar-refractivity contribution in [1.82, 2.24) is 19.2 Å². The molecular formula is C22H32N4O4. The Bertz CT molecular complexity index is 947. The first-order valence-corrected chi connectivity index (χ1v) is 10.7. The minimum atomic E-state index is -0.115. The normalized spacial score (nSPS) is 16.7. The van der Waals surface area contributed by atoms with E-state index >= 15 is 0 Å². The highest BCUT2D eigenvalue weighted by atomic mass is 16.5. The predicted molar refractivity (Wildman–Crippen MR) is 115 cm³/mol. The van der Waals surface area contributed by atoms with Crippen LogP contribution in [0.5, 0.6) is 11.5 Å². The second-order valence-corrected chi connectivity index (χ2v) is 7.85. The number of benzene rings is 1. The molecule has 1 fully saturated rings. The Balaban J connectivity index is 1.84. The maximum absolute atomic E-state index is 13.2. The van der Waals surface area contributed by atoms with Crippen LogP contribution in [-0.2, 0) is 7.05 Å². The lowest BCUT2D eigenvalue weighted by Gasteiger charge is -2.32. The van der Waals surface area contributed by atoms with Crippen molar-refractivity contribution in [3.8, 4) is 11.5 Å². The third-order valence-electron chi connectivity index (χ3n) is 5.36. The molecule has 1 aliphatic heterocycles. The number of hydrogen-bond acceptors (Lipinski definition) is 5. The van der Waals surface area contributed by atoms with Crippen molar-refractivity contribution in [2.24, 2.45) is 7.05 Å². The van der Waals surface area contributed by atoms with E-state index in [-0.39, 0.29) is 23.6 Å². The second-order valence-electron chi connectivity index (χ2n) is 7.85. The van der Waals surface area contributed by atoms with Crippen LogP contribution in [0.4, 0.5) is 0 Å². The number of piperidine rings is 1. The van der Waals surface area contributed by atoms with Crippen molar-refractivity contribution >= 4 is 5.91 Å². The fourth-order valence-corrected chi connectivity index (χ4v) is 4.00. The summed E-state index contributed by atoms with van der Waals surface area (Å²) in [5.41, 5.74) is 0.459. The van der Waals surface area contributed by atoms with Crippen LogP contribution in [-0.4, -0.2) is 51.5 Å². The minimum Gasteiger partial charge on any atom is -0.490 e. The van der Waals surface area contributed by atoms with Crippen molar-refractivity contribution in [3.05, 3.63) is 40.1 Å². The molecule has 1 amide bonds. The number of nitrogens with zero attached hydrogens (tertiary/aromatic N) is 4. The van der Waals surface area contributed by atoms with E-state index in [4.69, 9.17) is 9.47 Å². The number of rotatable bonds is 7. The van der Waals surface area contributed by atoms with Crippen molar-refractivity contribution in [1.29, 1.82) is 0 Å². The number of likely N-dealkylation sites (tertiary alicyclic amines) is 1. The van der Waals surface area contributed by atoms with Gasteiger partial charge in [0.25, 0.3) is 5.91 Å². The molecule has 164 valence electrons. The number of hydrogen-bond donors (Lipinski definition) is 0. The smallest absolute Gasteiger partial charge is 0.345 e. The van der Waals surface area contributed by atoms with Crippen LogP contribution in [0, 0.1) is 0 Å². The van der Waals surface area contributed by atoms with Crippen LogP contribution < -0.4 is 15.2 Å². The Labute approximate surface area is 177 Å². The zero-order chi connectivity index (χ0) is 21.8. The average Bonchev–Trinajstić information content (AvgIpc) is 3.04. The van der Waals surface area contributed by atoms with E-state index in [0.717, 1.165) is 18.7 Å². The highest BCUT2D eigenvalue weighted by Gasteiger charge is 2.30. The molecule has 2 aromatic rings. The number of aromatic nitrogens is 3. The molecule has 1 aromatic carbocycles. The Hall–Kier alpha value is -2.77. The van der Waals surface area contributed by atoms with Crippen molar-refractivity contribution < 1.29 is 14.3 Å². The molecule has 3 rings (SSSR count). The molecule has 30 heavy (non-hydrogen) atoms. The largest absolute Gasteiger partial charge is 0.490 e. The van der Waals surface area contributed by atoms with Gasteiger partial charge in [-0.05, 0) is 58.7 Å². The van der Waals surface area contributed by atoms with Crippen molar-refractivity contribution in [3.63, 3.8) is 0 Å². The van der Waals surface area contributed by atoms with Crippen LogP contribution in [0.2, 0.25) is 0 Å². The van der Waals surface area contributed by atoms with Crippen molar-refractivity contribution in [2.75, 3.05) is 26.3 Å². The first-order chi connectivity index (χ1) is 14.4. The first kappa shape index (κ1) is 21.9. The molecule has 1 aromatic heterocycles. The molecule has 8 nitrogen and oxygen atoms in total. The number of amides is 1. The third-order valence-corrected chi connectivity index (χ3v) is 5.36. The highest BCUT2D eigenvalue weighted by molar-refractivity contribution is 5.95. The third kappa shape index (κ3) is 4.37. The molecule has 0 bridgehead atoms. The Morgan fingerprint density at radius 1 is 1.20 bits per heavy atom. The molecule has 1 atom stereocenters. The van der Waals surface area contributed by atoms with Gasteiger partial charge in [-0.1, -0.05) is 0 Å². The lowest BCUT2D eigenvalue weighted by atomic mass is 9.96.